The number of benzene rings is 3. The first kappa shape index (κ1) is 26.9. The molecule has 5 nitrogen and oxygen atoms in total. The molecule has 3 aromatic carbocycles. The molecule has 0 saturated heterocycles. The van der Waals surface area contributed by atoms with Gasteiger partial charge in [0.15, 0.2) is 0 Å². The lowest BCUT2D eigenvalue weighted by Gasteiger charge is -2.22. The van der Waals surface area contributed by atoms with Crippen LogP contribution in [0.15, 0.2) is 90.6 Å². The fraction of sp³-hybridized carbons (Fsp3) is 0.182. The number of aromatic nitrogens is 1. The molecule has 0 saturated carbocycles. The van der Waals surface area contributed by atoms with Crippen molar-refractivity contribution >= 4 is 17.4 Å². The van der Waals surface area contributed by atoms with Gasteiger partial charge in [0, 0.05) is 30.4 Å². The summed E-state index contributed by atoms with van der Waals surface area (Å²) in [7, 11) is 1.56. The zero-order chi connectivity index (χ0) is 28.2. The van der Waals surface area contributed by atoms with Gasteiger partial charge in [-0.2, -0.15) is 0 Å². The Morgan fingerprint density at radius 3 is 2.45 bits per heavy atom. The van der Waals surface area contributed by atoms with Crippen LogP contribution in [0.4, 0.5) is 8.78 Å². The fourth-order valence-corrected chi connectivity index (χ4v) is 5.34. The molecule has 7 heteroatoms. The van der Waals surface area contributed by atoms with Crippen LogP contribution >= 0.6 is 0 Å². The molecule has 202 valence electrons. The summed E-state index contributed by atoms with van der Waals surface area (Å²) in [5.41, 5.74) is 7.24. The number of fused-ring (bicyclic) bond motifs is 1. The van der Waals surface area contributed by atoms with Gasteiger partial charge in [0.1, 0.15) is 11.6 Å². The maximum atomic E-state index is 14.1. The fourth-order valence-electron chi connectivity index (χ4n) is 5.34. The van der Waals surface area contributed by atoms with Crippen LogP contribution in [-0.2, 0) is 17.6 Å². The molecule has 0 aliphatic heterocycles. The van der Waals surface area contributed by atoms with E-state index < -0.39 is 17.7 Å². The highest BCUT2D eigenvalue weighted by Crippen LogP contribution is 2.35. The number of rotatable bonds is 8. The Kier molecular flexibility index (Phi) is 7.82. The van der Waals surface area contributed by atoms with Crippen molar-refractivity contribution in [3.63, 3.8) is 0 Å². The minimum atomic E-state index is -0.692. The van der Waals surface area contributed by atoms with E-state index in [1.54, 1.807) is 37.5 Å². The molecule has 1 atom stereocenters. The molecule has 0 bridgehead atoms. The van der Waals surface area contributed by atoms with Crippen molar-refractivity contribution in [2.75, 3.05) is 7.05 Å². The highest BCUT2D eigenvalue weighted by atomic mass is 19.1. The van der Waals surface area contributed by atoms with Gasteiger partial charge in [-0.3, -0.25) is 14.6 Å². The van der Waals surface area contributed by atoms with Crippen molar-refractivity contribution in [3.8, 4) is 11.1 Å². The molecule has 1 aliphatic carbocycles. The predicted octanol–water partition coefficient (Wildman–Crippen LogP) is 6.21. The third-order valence-electron chi connectivity index (χ3n) is 7.18. The predicted molar refractivity (Wildman–Crippen MR) is 151 cm³/mol. The van der Waals surface area contributed by atoms with Crippen LogP contribution < -0.4 is 10.6 Å². The quantitative estimate of drug-likeness (QED) is 0.281. The zero-order valence-electron chi connectivity index (χ0n) is 22.3. The second kappa shape index (κ2) is 11.6. The van der Waals surface area contributed by atoms with E-state index in [1.165, 1.54) is 17.7 Å². The van der Waals surface area contributed by atoms with Crippen LogP contribution in [0, 0.1) is 11.6 Å². The third kappa shape index (κ3) is 5.83. The van der Waals surface area contributed by atoms with Gasteiger partial charge in [0.2, 0.25) is 5.91 Å². The maximum absolute atomic E-state index is 14.1. The second-order valence-corrected chi connectivity index (χ2v) is 9.97. The summed E-state index contributed by atoms with van der Waals surface area (Å²) in [6.45, 7) is 2.03. The molecule has 0 fully saturated rings. The number of halogens is 2. The van der Waals surface area contributed by atoms with Gasteiger partial charge in [-0.15, -0.1) is 0 Å². The van der Waals surface area contributed by atoms with E-state index in [2.05, 4.69) is 21.7 Å². The second-order valence-electron chi connectivity index (χ2n) is 9.97. The Hall–Kier alpha value is -4.65. The maximum Gasteiger partial charge on any atom is 0.251 e. The Morgan fingerprint density at radius 2 is 1.68 bits per heavy atom. The number of nitrogens with zero attached hydrogens (tertiary/aromatic N) is 1. The van der Waals surface area contributed by atoms with Crippen molar-refractivity contribution in [2.45, 2.75) is 32.2 Å². The molecule has 4 aromatic rings. The van der Waals surface area contributed by atoms with Gasteiger partial charge in [-0.1, -0.05) is 48.0 Å². The van der Waals surface area contributed by atoms with Crippen molar-refractivity contribution in [1.82, 2.24) is 15.6 Å². The Labute approximate surface area is 232 Å². The average molecular weight is 538 g/mol. The number of pyridine rings is 1. The molecule has 0 unspecified atom stereocenters. The molecule has 1 aromatic heterocycles. The normalized spacial score (nSPS) is 13.1. The average Bonchev–Trinajstić information content (AvgIpc) is 3.26. The summed E-state index contributed by atoms with van der Waals surface area (Å²) in [4.78, 5) is 30.4. The van der Waals surface area contributed by atoms with E-state index in [-0.39, 0.29) is 24.7 Å². The lowest BCUT2D eigenvalue weighted by Crippen LogP contribution is -2.31. The van der Waals surface area contributed by atoms with Crippen molar-refractivity contribution in [3.05, 3.63) is 130 Å². The Morgan fingerprint density at radius 1 is 0.925 bits per heavy atom. The van der Waals surface area contributed by atoms with E-state index in [9.17, 15) is 18.4 Å². The van der Waals surface area contributed by atoms with E-state index in [1.807, 2.05) is 37.3 Å². The summed E-state index contributed by atoms with van der Waals surface area (Å²) in [5.74, 6) is -1.83. The van der Waals surface area contributed by atoms with Crippen molar-refractivity contribution in [2.24, 2.45) is 0 Å². The van der Waals surface area contributed by atoms with Crippen LogP contribution in [0.5, 0.6) is 0 Å². The monoisotopic (exact) mass is 537 g/mol. The molecule has 2 N–H and O–H groups in total. The van der Waals surface area contributed by atoms with E-state index >= 15 is 0 Å². The van der Waals surface area contributed by atoms with E-state index in [0.717, 1.165) is 34.8 Å². The highest BCUT2D eigenvalue weighted by molar-refractivity contribution is 5.95. The number of amides is 2. The van der Waals surface area contributed by atoms with Gasteiger partial charge in [-0.05, 0) is 77.9 Å². The molecule has 1 heterocycles. The highest BCUT2D eigenvalue weighted by Gasteiger charge is 2.25. The summed E-state index contributed by atoms with van der Waals surface area (Å²) >= 11 is 0. The van der Waals surface area contributed by atoms with Gasteiger partial charge >= 0.3 is 0 Å². The molecule has 0 radical (unpaired) electrons. The lowest BCUT2D eigenvalue weighted by molar-refractivity contribution is -0.120. The van der Waals surface area contributed by atoms with E-state index in [4.69, 9.17) is 0 Å². The SMILES string of the molecule is CNC(=O)c1cccc(-c2cccnc2[C@H](Cc2cc(F)cc(F)c2)NC(=O)CC2=C(C)Cc3ccccc32)c1. The van der Waals surface area contributed by atoms with Crippen LogP contribution in [0.2, 0.25) is 0 Å². The van der Waals surface area contributed by atoms with Gasteiger partial charge in [0.25, 0.3) is 5.91 Å². The first-order chi connectivity index (χ1) is 19.3. The summed E-state index contributed by atoms with van der Waals surface area (Å²) < 4.78 is 28.2. The number of hydrogen-bond donors (Lipinski definition) is 2. The molecule has 0 spiro atoms. The van der Waals surface area contributed by atoms with Gasteiger partial charge < -0.3 is 10.6 Å². The Bertz CT molecular complexity index is 1610. The van der Waals surface area contributed by atoms with Crippen molar-refractivity contribution < 1.29 is 18.4 Å². The number of carbonyl (C=O) groups excluding carboxylic acids is 2. The minimum absolute atomic E-state index is 0.119. The summed E-state index contributed by atoms with van der Waals surface area (Å²) in [6, 6.07) is 21.4. The first-order valence-electron chi connectivity index (χ1n) is 13.1. The molecular weight excluding hydrogens is 508 g/mol. The number of nitrogens with one attached hydrogen (secondary N) is 2. The smallest absolute Gasteiger partial charge is 0.251 e. The van der Waals surface area contributed by atoms with Gasteiger partial charge in [0.05, 0.1) is 18.2 Å². The molecule has 5 rings (SSSR count). The van der Waals surface area contributed by atoms with Crippen LogP contribution in [0.1, 0.15) is 52.1 Å². The topological polar surface area (TPSA) is 71.1 Å². The molecule has 1 aliphatic rings. The molecular formula is C33H29F2N3O2. The molecule has 2 amide bonds. The number of hydrogen-bond acceptors (Lipinski definition) is 3. The number of carbonyl (C=O) groups is 2. The molecule has 40 heavy (non-hydrogen) atoms. The third-order valence-corrected chi connectivity index (χ3v) is 7.18. The standard InChI is InChI=1S/C33H29F2N3O2/c1-20-13-22-7-3-4-10-27(22)29(20)19-31(39)38-30(16-21-14-25(34)18-26(35)15-21)32-28(11-6-12-37-32)23-8-5-9-24(17-23)33(40)36-2/h3-12,14-15,17-18,30H,13,16,19H2,1-2H3,(H,36,40)(H,38,39)/t30-/m0/s1. The minimum Gasteiger partial charge on any atom is -0.355 e. The lowest BCUT2D eigenvalue weighted by atomic mass is 9.94. The number of allylic oxidation sites excluding steroid dienone is 1. The van der Waals surface area contributed by atoms with Crippen LogP contribution in [-0.4, -0.2) is 23.8 Å². The Balaban J connectivity index is 1.51. The largest absolute Gasteiger partial charge is 0.355 e. The van der Waals surface area contributed by atoms with Gasteiger partial charge in [-0.25, -0.2) is 8.78 Å². The van der Waals surface area contributed by atoms with Crippen molar-refractivity contribution in [1.29, 1.82) is 0 Å². The van der Waals surface area contributed by atoms with Crippen LogP contribution in [0.25, 0.3) is 16.7 Å². The summed E-state index contributed by atoms with van der Waals surface area (Å²) in [6.07, 6.45) is 2.71. The zero-order valence-corrected chi connectivity index (χ0v) is 22.3. The van der Waals surface area contributed by atoms with Crippen LogP contribution in [0.3, 0.4) is 0 Å². The summed E-state index contributed by atoms with van der Waals surface area (Å²) in [5, 5.41) is 5.72. The van der Waals surface area contributed by atoms with E-state index in [0.29, 0.717) is 22.4 Å². The first-order valence-corrected chi connectivity index (χ1v) is 13.1.